The molecule has 3 fully saturated rings. The van der Waals surface area contributed by atoms with Gasteiger partial charge in [-0.3, -0.25) is 14.4 Å². The van der Waals surface area contributed by atoms with E-state index in [2.05, 4.69) is 13.8 Å². The van der Waals surface area contributed by atoms with E-state index in [0.29, 0.717) is 18.8 Å². The molecule has 0 bridgehead atoms. The Kier molecular flexibility index (Phi) is 4.71. The molecule has 0 spiro atoms. The molecule has 4 aliphatic rings. The van der Waals surface area contributed by atoms with Crippen LogP contribution in [-0.4, -0.2) is 29.9 Å². The Morgan fingerprint density at radius 1 is 1.04 bits per heavy atom. The van der Waals surface area contributed by atoms with Gasteiger partial charge in [-0.15, -0.1) is 0 Å². The Balaban J connectivity index is 1.74. The number of carbonyl (C=O) groups excluding carboxylic acids is 3. The maximum absolute atomic E-state index is 13.3. The Morgan fingerprint density at radius 3 is 2.43 bits per heavy atom. The summed E-state index contributed by atoms with van der Waals surface area (Å²) in [4.78, 5) is 36.7. The molecule has 5 heteroatoms. The van der Waals surface area contributed by atoms with Crippen molar-refractivity contribution >= 4 is 17.7 Å². The molecule has 0 aromatic rings. The maximum Gasteiger partial charge on any atom is 0.302 e. The molecule has 0 unspecified atom stereocenters. The first kappa shape index (κ1) is 19.7. The molecule has 0 aromatic heterocycles. The predicted molar refractivity (Wildman–Crippen MR) is 103 cm³/mol. The first-order chi connectivity index (χ1) is 13.1. The molecule has 4 rings (SSSR count). The molecule has 154 valence electrons. The van der Waals surface area contributed by atoms with Crippen molar-refractivity contribution < 1.29 is 23.9 Å². The lowest BCUT2D eigenvalue weighted by atomic mass is 9.47. The SMILES string of the molecule is CC(=O)O[C@@H]1CC2=CC(=O)[C@H]3[C@@H]4CCC[C@@]4(C)CC[C@@H]3[C@@]2(C)[C@H](OC(C)=O)C1. The average molecular weight is 389 g/mol. The first-order valence-corrected chi connectivity index (χ1v) is 10.7. The summed E-state index contributed by atoms with van der Waals surface area (Å²) in [5.41, 5.74) is 0.916. The third kappa shape index (κ3) is 2.93. The summed E-state index contributed by atoms with van der Waals surface area (Å²) >= 11 is 0. The number of allylic oxidation sites excluding steroid dienone is 1. The highest BCUT2D eigenvalue weighted by molar-refractivity contribution is 5.94. The van der Waals surface area contributed by atoms with Crippen molar-refractivity contribution in [3.05, 3.63) is 11.6 Å². The van der Waals surface area contributed by atoms with Gasteiger partial charge in [0.1, 0.15) is 12.2 Å². The molecule has 5 nitrogen and oxygen atoms in total. The highest BCUT2D eigenvalue weighted by Crippen LogP contribution is 2.64. The van der Waals surface area contributed by atoms with E-state index in [1.807, 2.05) is 6.08 Å². The van der Waals surface area contributed by atoms with Crippen molar-refractivity contribution in [2.45, 2.75) is 84.8 Å². The number of rotatable bonds is 2. The summed E-state index contributed by atoms with van der Waals surface area (Å²) in [7, 11) is 0. The van der Waals surface area contributed by atoms with Crippen molar-refractivity contribution in [3.8, 4) is 0 Å². The van der Waals surface area contributed by atoms with Gasteiger partial charge in [-0.2, -0.15) is 0 Å². The standard InChI is InChI=1S/C23H32O5/c1-13(24)27-16-10-15-11-19(26)21-17-6-5-8-22(17,3)9-7-18(21)23(15,4)20(12-16)28-14(2)25/h11,16-18,20-21H,5-10,12H2,1-4H3/t16-,17+,18+,20-,21+,22+,23+/m1/s1. The van der Waals surface area contributed by atoms with Gasteiger partial charge in [0.2, 0.25) is 0 Å². The molecule has 0 saturated heterocycles. The van der Waals surface area contributed by atoms with Gasteiger partial charge in [0, 0.05) is 38.0 Å². The van der Waals surface area contributed by atoms with E-state index in [9.17, 15) is 14.4 Å². The Morgan fingerprint density at radius 2 is 1.75 bits per heavy atom. The Hall–Kier alpha value is -1.65. The van der Waals surface area contributed by atoms with Gasteiger partial charge in [0.25, 0.3) is 0 Å². The number of fused-ring (bicyclic) bond motifs is 5. The summed E-state index contributed by atoms with van der Waals surface area (Å²) in [5.74, 6) is 0.231. The number of ether oxygens (including phenoxy) is 2. The van der Waals surface area contributed by atoms with Crippen LogP contribution in [0.15, 0.2) is 11.6 Å². The van der Waals surface area contributed by atoms with Crippen LogP contribution in [-0.2, 0) is 23.9 Å². The van der Waals surface area contributed by atoms with Crippen molar-refractivity contribution in [2.24, 2.45) is 28.6 Å². The lowest BCUT2D eigenvalue weighted by molar-refractivity contribution is -0.172. The lowest BCUT2D eigenvalue weighted by Gasteiger charge is -2.58. The van der Waals surface area contributed by atoms with E-state index >= 15 is 0 Å². The van der Waals surface area contributed by atoms with E-state index < -0.39 is 0 Å². The zero-order valence-electron chi connectivity index (χ0n) is 17.5. The quantitative estimate of drug-likeness (QED) is 0.669. The highest BCUT2D eigenvalue weighted by Gasteiger charge is 2.62. The Labute approximate surface area is 167 Å². The second kappa shape index (κ2) is 6.70. The van der Waals surface area contributed by atoms with Crippen LogP contribution >= 0.6 is 0 Å². The van der Waals surface area contributed by atoms with Crippen LogP contribution in [0.3, 0.4) is 0 Å². The lowest BCUT2D eigenvalue weighted by Crippen LogP contribution is -2.58. The number of esters is 2. The molecule has 28 heavy (non-hydrogen) atoms. The zero-order chi connectivity index (χ0) is 20.3. The smallest absolute Gasteiger partial charge is 0.302 e. The van der Waals surface area contributed by atoms with Crippen LogP contribution in [0.1, 0.15) is 72.6 Å². The zero-order valence-corrected chi connectivity index (χ0v) is 17.5. The summed E-state index contributed by atoms with van der Waals surface area (Å²) in [6.45, 7) is 7.37. The van der Waals surface area contributed by atoms with Gasteiger partial charge in [0.15, 0.2) is 5.78 Å². The minimum absolute atomic E-state index is 0.0262. The fraction of sp³-hybridized carbons (Fsp3) is 0.783. The van der Waals surface area contributed by atoms with E-state index in [0.717, 1.165) is 24.8 Å². The van der Waals surface area contributed by atoms with E-state index in [1.165, 1.54) is 26.7 Å². The average Bonchev–Trinajstić information content (AvgIpc) is 2.98. The van der Waals surface area contributed by atoms with Crippen molar-refractivity contribution in [2.75, 3.05) is 0 Å². The van der Waals surface area contributed by atoms with Crippen LogP contribution in [0, 0.1) is 28.6 Å². The summed E-state index contributed by atoms with van der Waals surface area (Å²) in [5, 5.41) is 0. The molecule has 7 atom stereocenters. The molecule has 0 heterocycles. The third-order valence-electron chi connectivity index (χ3n) is 8.39. The van der Waals surface area contributed by atoms with Crippen LogP contribution < -0.4 is 0 Å². The Bertz CT molecular complexity index is 739. The molecule has 3 saturated carbocycles. The number of hydrogen-bond acceptors (Lipinski definition) is 5. The fourth-order valence-electron chi connectivity index (χ4n) is 7.09. The highest BCUT2D eigenvalue weighted by atomic mass is 16.6. The molecule has 0 aliphatic heterocycles. The molecular formula is C23H32O5. The predicted octanol–water partition coefficient (Wildman–Crippen LogP) is 3.99. The number of ketones is 1. The van der Waals surface area contributed by atoms with Crippen LogP contribution in [0.2, 0.25) is 0 Å². The molecule has 0 radical (unpaired) electrons. The number of carbonyl (C=O) groups is 3. The monoisotopic (exact) mass is 388 g/mol. The maximum atomic E-state index is 13.3. The fourth-order valence-corrected chi connectivity index (χ4v) is 7.09. The van der Waals surface area contributed by atoms with E-state index in [1.54, 1.807) is 0 Å². The second-order valence-corrected chi connectivity index (χ2v) is 9.95. The van der Waals surface area contributed by atoms with Crippen LogP contribution in [0.5, 0.6) is 0 Å². The largest absolute Gasteiger partial charge is 0.462 e. The molecule has 4 aliphatic carbocycles. The van der Waals surface area contributed by atoms with Gasteiger partial charge in [0.05, 0.1) is 0 Å². The molecular weight excluding hydrogens is 356 g/mol. The minimum atomic E-state index is -0.360. The van der Waals surface area contributed by atoms with Crippen molar-refractivity contribution in [1.82, 2.24) is 0 Å². The van der Waals surface area contributed by atoms with Crippen LogP contribution in [0.25, 0.3) is 0 Å². The summed E-state index contributed by atoms with van der Waals surface area (Å²) in [6, 6.07) is 0. The topological polar surface area (TPSA) is 69.7 Å². The van der Waals surface area contributed by atoms with Crippen molar-refractivity contribution in [3.63, 3.8) is 0 Å². The van der Waals surface area contributed by atoms with Crippen molar-refractivity contribution in [1.29, 1.82) is 0 Å². The number of hydrogen-bond donors (Lipinski definition) is 0. The molecule has 0 amide bonds. The summed E-state index contributed by atoms with van der Waals surface area (Å²) in [6.07, 6.45) is 7.84. The molecule has 0 aromatic carbocycles. The third-order valence-corrected chi connectivity index (χ3v) is 8.39. The first-order valence-electron chi connectivity index (χ1n) is 10.7. The van der Waals surface area contributed by atoms with Gasteiger partial charge < -0.3 is 9.47 Å². The molecule has 0 N–H and O–H groups in total. The van der Waals surface area contributed by atoms with Gasteiger partial charge >= 0.3 is 11.9 Å². The second-order valence-electron chi connectivity index (χ2n) is 9.95. The minimum Gasteiger partial charge on any atom is -0.462 e. The normalized spacial score (nSPS) is 44.6. The van der Waals surface area contributed by atoms with Gasteiger partial charge in [-0.05, 0) is 49.0 Å². The van der Waals surface area contributed by atoms with Crippen LogP contribution in [0.4, 0.5) is 0 Å². The van der Waals surface area contributed by atoms with Gasteiger partial charge in [-0.25, -0.2) is 0 Å². The summed E-state index contributed by atoms with van der Waals surface area (Å²) < 4.78 is 11.3. The van der Waals surface area contributed by atoms with E-state index in [-0.39, 0.29) is 52.6 Å². The van der Waals surface area contributed by atoms with Gasteiger partial charge in [-0.1, -0.05) is 25.8 Å². The van der Waals surface area contributed by atoms with E-state index in [4.69, 9.17) is 9.47 Å².